The topological polar surface area (TPSA) is 184 Å². The first-order chi connectivity index (χ1) is 17.0. The smallest absolute Gasteiger partial charge is 0.250 e. The molecule has 206 valence electrons. The monoisotopic (exact) mass is 575 g/mol. The lowest BCUT2D eigenvalue weighted by atomic mass is 10.2. The van der Waals surface area contributed by atoms with Crippen LogP contribution in [0.2, 0.25) is 0 Å². The van der Waals surface area contributed by atoms with Crippen LogP contribution in [0.25, 0.3) is 0 Å². The van der Waals surface area contributed by atoms with Gasteiger partial charge in [-0.25, -0.2) is 30.5 Å². The number of nitrogens with two attached hydrogens (primary N) is 1. The summed E-state index contributed by atoms with van der Waals surface area (Å²) in [5.41, 5.74) is 0.462. The van der Waals surface area contributed by atoms with E-state index in [2.05, 4.69) is 35.8 Å². The number of aromatic hydroxyl groups is 1. The van der Waals surface area contributed by atoms with Crippen molar-refractivity contribution < 1.29 is 30.6 Å². The fourth-order valence-electron chi connectivity index (χ4n) is 2.90. The zero-order valence-electron chi connectivity index (χ0n) is 21.7. The number of hydrogen-bond acceptors (Lipinski definition) is 9. The van der Waals surface area contributed by atoms with Gasteiger partial charge in [0.1, 0.15) is 22.1 Å². The van der Waals surface area contributed by atoms with Crippen LogP contribution in [-0.2, 0) is 37.6 Å². The molecule has 0 spiro atoms. The predicted molar refractivity (Wildman–Crippen MR) is 144 cm³/mol. The predicted octanol–water partition coefficient (Wildman–Crippen LogP) is 2.25. The molecule has 0 fully saturated rings. The number of rotatable bonds is 7. The van der Waals surface area contributed by atoms with Crippen molar-refractivity contribution in [1.29, 1.82) is 0 Å². The van der Waals surface area contributed by atoms with E-state index < -0.39 is 45.9 Å². The molecule has 37 heavy (non-hydrogen) atoms. The van der Waals surface area contributed by atoms with Gasteiger partial charge in [0.15, 0.2) is 26.8 Å². The Bertz CT molecular complexity index is 1440. The van der Waals surface area contributed by atoms with Crippen LogP contribution < -0.4 is 15.8 Å². The van der Waals surface area contributed by atoms with Gasteiger partial charge in [-0.05, 0) is 43.5 Å². The van der Waals surface area contributed by atoms with Crippen LogP contribution in [-0.4, -0.2) is 50.4 Å². The molecule has 12 nitrogen and oxygen atoms in total. The molecule has 0 saturated heterocycles. The Morgan fingerprint density at radius 1 is 1.16 bits per heavy atom. The molecule has 0 aliphatic carbocycles. The average Bonchev–Trinajstić information content (AvgIpc) is 3.24. The summed E-state index contributed by atoms with van der Waals surface area (Å²) < 4.78 is 71.2. The number of nitrogens with zero attached hydrogens (tertiary/aromatic N) is 2. The third kappa shape index (κ3) is 7.41. The van der Waals surface area contributed by atoms with Gasteiger partial charge < -0.3 is 20.2 Å². The molecule has 0 saturated carbocycles. The molecule has 5 N–H and O–H groups in total. The molecule has 1 aliphatic heterocycles. The summed E-state index contributed by atoms with van der Waals surface area (Å²) >= 11 is 0. The lowest BCUT2D eigenvalue weighted by Gasteiger charge is -2.17. The van der Waals surface area contributed by atoms with E-state index in [1.54, 1.807) is 13.0 Å². The van der Waals surface area contributed by atoms with Gasteiger partial charge in [0.2, 0.25) is 10.0 Å². The lowest BCUT2D eigenvalue weighted by molar-refractivity contribution is 0.454. The lowest BCUT2D eigenvalue weighted by Crippen LogP contribution is -2.28. The number of hydrogen-bond donors (Lipinski definition) is 4. The number of phenols is 1. The molecule has 15 heteroatoms. The summed E-state index contributed by atoms with van der Waals surface area (Å²) in [7, 11) is -8.26. The maximum absolute atomic E-state index is 12.5. The van der Waals surface area contributed by atoms with Crippen molar-refractivity contribution in [3.63, 3.8) is 0 Å². The zero-order chi connectivity index (χ0) is 28.3. The number of phenolic OH excluding ortho intramolecular Hbond substituents is 1. The van der Waals surface area contributed by atoms with Crippen LogP contribution in [0.1, 0.15) is 37.9 Å². The minimum absolute atomic E-state index is 0.0782. The molecule has 2 heterocycles. The van der Waals surface area contributed by atoms with Gasteiger partial charge in [0.05, 0.1) is 12.2 Å². The molecule has 1 unspecified atom stereocenters. The third-order valence-corrected chi connectivity index (χ3v) is 9.26. The number of primary sulfonamides is 1. The Morgan fingerprint density at radius 2 is 1.76 bits per heavy atom. The number of para-hydroxylation sites is 1. The summed E-state index contributed by atoms with van der Waals surface area (Å²) in [4.78, 5) is -0.414. The molecule has 1 aromatic carbocycles. The van der Waals surface area contributed by atoms with Crippen LogP contribution in [0.3, 0.4) is 0 Å². The number of amidine groups is 1. The maximum Gasteiger partial charge on any atom is 0.250 e. The summed E-state index contributed by atoms with van der Waals surface area (Å²) in [5.74, 6) is 1.27. The molecule has 1 aliphatic rings. The van der Waals surface area contributed by atoms with E-state index in [1.165, 1.54) is 32.3 Å². The van der Waals surface area contributed by atoms with Crippen LogP contribution in [0.5, 0.6) is 5.75 Å². The summed E-state index contributed by atoms with van der Waals surface area (Å²) in [5, 5.41) is 21.3. The van der Waals surface area contributed by atoms with E-state index >= 15 is 0 Å². The number of sulfonamides is 2. The summed E-state index contributed by atoms with van der Waals surface area (Å²) in [6.45, 7) is 10.2. The molecular formula is C22H33N5O7S3. The van der Waals surface area contributed by atoms with Crippen molar-refractivity contribution in [3.8, 4) is 5.75 Å². The van der Waals surface area contributed by atoms with Gasteiger partial charge in [-0.2, -0.15) is 4.40 Å². The Balaban J connectivity index is 0.00000112. The Labute approximate surface area is 220 Å². The Kier molecular flexibility index (Phi) is 9.70. The van der Waals surface area contributed by atoms with Crippen molar-refractivity contribution in [1.82, 2.24) is 9.62 Å². The molecule has 0 amide bonds. The van der Waals surface area contributed by atoms with Gasteiger partial charge in [0, 0.05) is 14.1 Å². The quantitative estimate of drug-likeness (QED) is 0.359. The Hall–Kier alpha value is -2.72. The fourth-order valence-corrected chi connectivity index (χ4v) is 5.96. The fraction of sp³-hybridized carbons (Fsp3) is 0.409. The number of furan rings is 1. The van der Waals surface area contributed by atoms with E-state index in [4.69, 9.17) is 9.56 Å². The second-order valence-corrected chi connectivity index (χ2v) is 14.0. The molecule has 1 aromatic heterocycles. The van der Waals surface area contributed by atoms with E-state index in [-0.39, 0.29) is 23.8 Å². The van der Waals surface area contributed by atoms with Crippen molar-refractivity contribution in [2.24, 2.45) is 15.5 Å². The molecule has 2 aromatic rings. The van der Waals surface area contributed by atoms with Crippen LogP contribution in [0.4, 0.5) is 5.69 Å². The van der Waals surface area contributed by atoms with Crippen LogP contribution in [0.15, 0.2) is 47.9 Å². The first-order valence-corrected chi connectivity index (χ1v) is 15.2. The van der Waals surface area contributed by atoms with Gasteiger partial charge in [-0.15, -0.1) is 0 Å². The highest BCUT2D eigenvalue weighted by atomic mass is 32.3. The molecule has 3 rings (SSSR count). The SMILES string of the molecule is CC(C)C.Cc1cc(CNC2=NS(=O)C(S(N)(=O)=O)=C2Nc2cccc(S(=O)(=O)N(C)C)c2O)oc1C. The largest absolute Gasteiger partial charge is 0.504 e. The van der Waals surface area contributed by atoms with Gasteiger partial charge in [0.25, 0.3) is 10.0 Å². The first-order valence-electron chi connectivity index (χ1n) is 11.1. The highest BCUT2D eigenvalue weighted by Gasteiger charge is 2.35. The highest BCUT2D eigenvalue weighted by Crippen LogP contribution is 2.35. The molecule has 0 radical (unpaired) electrons. The number of nitrogens with one attached hydrogen (secondary N) is 2. The summed E-state index contributed by atoms with van der Waals surface area (Å²) in [6.07, 6.45) is 0. The maximum atomic E-state index is 12.5. The molecule has 0 bridgehead atoms. The van der Waals surface area contributed by atoms with Crippen molar-refractivity contribution in [2.75, 3.05) is 19.4 Å². The van der Waals surface area contributed by atoms with Crippen molar-refractivity contribution in [2.45, 2.75) is 46.1 Å². The molecular weight excluding hydrogens is 542 g/mol. The number of aryl methyl sites for hydroxylation is 2. The zero-order valence-corrected chi connectivity index (χ0v) is 24.1. The first kappa shape index (κ1) is 30.5. The van der Waals surface area contributed by atoms with Crippen molar-refractivity contribution in [3.05, 3.63) is 51.3 Å². The van der Waals surface area contributed by atoms with E-state index in [0.717, 1.165) is 15.8 Å². The van der Waals surface area contributed by atoms with Gasteiger partial charge in [-0.3, -0.25) is 0 Å². The second-order valence-electron chi connectivity index (χ2n) is 9.00. The van der Waals surface area contributed by atoms with E-state index in [9.17, 15) is 26.2 Å². The minimum atomic E-state index is -4.47. The van der Waals surface area contributed by atoms with Crippen molar-refractivity contribution >= 4 is 42.6 Å². The Morgan fingerprint density at radius 3 is 2.24 bits per heavy atom. The van der Waals surface area contributed by atoms with Gasteiger partial charge in [-0.1, -0.05) is 26.8 Å². The standard InChI is InChI=1S/C18H23N5O7S3.C4H10/c1-10-8-12(30-11(10)2)9-20-17-15(18(31(25)22-17)32(19,26)27)21-13-6-5-7-14(16(13)24)33(28,29)23(3)4;1-4(2)3/h5-8,21,24H,9H2,1-4H3,(H,20,22)(H2,19,26,27);4H,1-3H3. The highest BCUT2D eigenvalue weighted by molar-refractivity contribution is 8.10. The van der Waals surface area contributed by atoms with E-state index in [1.807, 2.05) is 6.92 Å². The van der Waals surface area contributed by atoms with Crippen LogP contribution >= 0.6 is 0 Å². The molecule has 1 atom stereocenters. The second kappa shape index (κ2) is 11.8. The minimum Gasteiger partial charge on any atom is -0.504 e. The van der Waals surface area contributed by atoms with E-state index in [0.29, 0.717) is 11.5 Å². The normalized spacial score (nSPS) is 16.1. The van der Waals surface area contributed by atoms with Gasteiger partial charge >= 0.3 is 0 Å². The van der Waals surface area contributed by atoms with Crippen LogP contribution in [0, 0.1) is 19.8 Å². The number of benzene rings is 1. The number of anilines is 1. The average molecular weight is 576 g/mol. The summed E-state index contributed by atoms with van der Waals surface area (Å²) in [6, 6.07) is 5.62. The third-order valence-electron chi connectivity index (χ3n) is 4.70.